The van der Waals surface area contributed by atoms with Crippen LogP contribution in [0.5, 0.6) is 0 Å². The molecule has 0 amide bonds. The molecule has 2 rings (SSSR count). The predicted molar refractivity (Wildman–Crippen MR) is 78.0 cm³/mol. The monoisotopic (exact) mass is 268 g/mol. The second kappa shape index (κ2) is 4.46. The molecule has 1 saturated heterocycles. The van der Waals surface area contributed by atoms with Crippen molar-refractivity contribution in [2.75, 3.05) is 11.4 Å². The van der Waals surface area contributed by atoms with Crippen molar-refractivity contribution in [3.8, 4) is 0 Å². The lowest BCUT2D eigenvalue weighted by Gasteiger charge is -2.35. The maximum atomic E-state index is 6.00. The summed E-state index contributed by atoms with van der Waals surface area (Å²) in [6, 6.07) is 5.77. The topological polar surface area (TPSA) is 29.3 Å². The standard InChI is InChI=1S/C13H17ClN2S/c1-13(2)6-3-7-16(13)11-5-4-9(14)8-10(11)12(15)17/h4-5,8H,3,6-7H2,1-2H3,(H2,15,17). The minimum absolute atomic E-state index is 0.160. The molecule has 0 aromatic heterocycles. The predicted octanol–water partition coefficient (Wildman–Crippen LogP) is 3.35. The van der Waals surface area contributed by atoms with Crippen LogP contribution in [0, 0.1) is 0 Å². The van der Waals surface area contributed by atoms with Crippen LogP contribution in [0.2, 0.25) is 5.02 Å². The van der Waals surface area contributed by atoms with Crippen LogP contribution in [-0.2, 0) is 0 Å². The van der Waals surface area contributed by atoms with Crippen molar-refractivity contribution in [1.29, 1.82) is 0 Å². The van der Waals surface area contributed by atoms with Crippen molar-refractivity contribution in [3.05, 3.63) is 28.8 Å². The third-order valence-electron chi connectivity index (χ3n) is 3.42. The molecule has 1 aliphatic heterocycles. The fourth-order valence-corrected chi connectivity index (χ4v) is 2.83. The van der Waals surface area contributed by atoms with Gasteiger partial charge in [0.2, 0.25) is 0 Å². The van der Waals surface area contributed by atoms with Gasteiger partial charge in [-0.1, -0.05) is 23.8 Å². The first-order valence-corrected chi connectivity index (χ1v) is 6.57. The van der Waals surface area contributed by atoms with Crippen molar-refractivity contribution in [1.82, 2.24) is 0 Å². The number of thiocarbonyl (C=S) groups is 1. The summed E-state index contributed by atoms with van der Waals surface area (Å²) < 4.78 is 0. The van der Waals surface area contributed by atoms with E-state index in [0.29, 0.717) is 10.0 Å². The van der Waals surface area contributed by atoms with Gasteiger partial charge in [0.15, 0.2) is 0 Å². The highest BCUT2D eigenvalue weighted by Crippen LogP contribution is 2.36. The quantitative estimate of drug-likeness (QED) is 0.834. The molecule has 2 nitrogen and oxygen atoms in total. The number of anilines is 1. The summed E-state index contributed by atoms with van der Waals surface area (Å²) in [6.45, 7) is 5.54. The number of rotatable bonds is 2. The van der Waals surface area contributed by atoms with E-state index in [1.807, 2.05) is 18.2 Å². The van der Waals surface area contributed by atoms with E-state index in [9.17, 15) is 0 Å². The van der Waals surface area contributed by atoms with E-state index in [0.717, 1.165) is 17.8 Å². The van der Waals surface area contributed by atoms with Gasteiger partial charge in [-0.05, 0) is 44.9 Å². The summed E-state index contributed by atoms with van der Waals surface area (Å²) in [5, 5.41) is 0.675. The van der Waals surface area contributed by atoms with Gasteiger partial charge >= 0.3 is 0 Å². The molecule has 0 bridgehead atoms. The van der Waals surface area contributed by atoms with Gasteiger partial charge in [0.1, 0.15) is 4.99 Å². The number of nitrogens with zero attached hydrogens (tertiary/aromatic N) is 1. The lowest BCUT2D eigenvalue weighted by atomic mass is 10.0. The van der Waals surface area contributed by atoms with Crippen molar-refractivity contribution < 1.29 is 0 Å². The van der Waals surface area contributed by atoms with Crippen molar-refractivity contribution in [2.45, 2.75) is 32.2 Å². The molecule has 17 heavy (non-hydrogen) atoms. The van der Waals surface area contributed by atoms with E-state index < -0.39 is 0 Å². The second-order valence-electron chi connectivity index (χ2n) is 5.09. The Bertz CT molecular complexity index is 457. The van der Waals surface area contributed by atoms with E-state index >= 15 is 0 Å². The first kappa shape index (κ1) is 12.7. The molecule has 1 aliphatic rings. The highest BCUT2D eigenvalue weighted by molar-refractivity contribution is 7.80. The third kappa shape index (κ3) is 2.40. The molecule has 0 aliphatic carbocycles. The smallest absolute Gasteiger partial charge is 0.106 e. The molecule has 0 spiro atoms. The number of hydrogen-bond donors (Lipinski definition) is 1. The number of nitrogens with two attached hydrogens (primary N) is 1. The van der Waals surface area contributed by atoms with Crippen molar-refractivity contribution >= 4 is 34.5 Å². The van der Waals surface area contributed by atoms with Gasteiger partial charge in [0.05, 0.1) is 0 Å². The van der Waals surface area contributed by atoms with Crippen molar-refractivity contribution in [2.24, 2.45) is 5.73 Å². The fourth-order valence-electron chi connectivity index (χ4n) is 2.49. The molecule has 1 aromatic carbocycles. The van der Waals surface area contributed by atoms with Crippen LogP contribution >= 0.6 is 23.8 Å². The Labute approximate surface area is 113 Å². The van der Waals surface area contributed by atoms with E-state index in [4.69, 9.17) is 29.6 Å². The molecule has 0 saturated carbocycles. The van der Waals surface area contributed by atoms with Crippen LogP contribution in [0.3, 0.4) is 0 Å². The Balaban J connectivity index is 2.48. The van der Waals surface area contributed by atoms with Gasteiger partial charge in [0.25, 0.3) is 0 Å². The largest absolute Gasteiger partial charge is 0.389 e. The Kier molecular flexibility index (Phi) is 3.32. The van der Waals surface area contributed by atoms with E-state index in [2.05, 4.69) is 18.7 Å². The molecule has 1 fully saturated rings. The summed E-state index contributed by atoms with van der Waals surface area (Å²) in [5.74, 6) is 0. The van der Waals surface area contributed by atoms with Crippen LogP contribution in [0.1, 0.15) is 32.3 Å². The van der Waals surface area contributed by atoms with Crippen LogP contribution in [-0.4, -0.2) is 17.1 Å². The summed E-state index contributed by atoms with van der Waals surface area (Å²) >= 11 is 11.1. The van der Waals surface area contributed by atoms with Gasteiger partial charge < -0.3 is 10.6 Å². The van der Waals surface area contributed by atoms with Crippen LogP contribution in [0.15, 0.2) is 18.2 Å². The maximum Gasteiger partial charge on any atom is 0.106 e. The van der Waals surface area contributed by atoms with Gasteiger partial charge in [0, 0.05) is 28.4 Å². The molecule has 92 valence electrons. The molecular formula is C13H17ClN2S. The maximum absolute atomic E-state index is 6.00. The molecule has 4 heteroatoms. The summed E-state index contributed by atoms with van der Waals surface area (Å²) in [5.41, 5.74) is 7.92. The van der Waals surface area contributed by atoms with Gasteiger partial charge in [-0.2, -0.15) is 0 Å². The molecule has 2 N–H and O–H groups in total. The zero-order valence-corrected chi connectivity index (χ0v) is 11.7. The molecule has 1 heterocycles. The minimum Gasteiger partial charge on any atom is -0.389 e. The average molecular weight is 269 g/mol. The van der Waals surface area contributed by atoms with Crippen LogP contribution in [0.4, 0.5) is 5.69 Å². The summed E-state index contributed by atoms with van der Waals surface area (Å²) in [6.07, 6.45) is 2.39. The summed E-state index contributed by atoms with van der Waals surface area (Å²) in [7, 11) is 0. The van der Waals surface area contributed by atoms with Crippen molar-refractivity contribution in [3.63, 3.8) is 0 Å². The number of hydrogen-bond acceptors (Lipinski definition) is 2. The van der Waals surface area contributed by atoms with Gasteiger partial charge in [-0.15, -0.1) is 0 Å². The zero-order valence-electron chi connectivity index (χ0n) is 10.2. The molecule has 1 aromatic rings. The Hall–Kier alpha value is -0.800. The number of benzene rings is 1. The Morgan fingerprint density at radius 1 is 1.47 bits per heavy atom. The van der Waals surface area contributed by atoms with Gasteiger partial charge in [-0.25, -0.2) is 0 Å². The lowest BCUT2D eigenvalue weighted by Crippen LogP contribution is -2.39. The lowest BCUT2D eigenvalue weighted by molar-refractivity contribution is 0.518. The van der Waals surface area contributed by atoms with E-state index in [1.54, 1.807) is 0 Å². The number of halogens is 1. The SMILES string of the molecule is CC1(C)CCCN1c1ccc(Cl)cc1C(N)=S. The zero-order chi connectivity index (χ0) is 12.6. The molecule has 0 unspecified atom stereocenters. The fraction of sp³-hybridized carbons (Fsp3) is 0.462. The van der Waals surface area contributed by atoms with Crippen LogP contribution in [0.25, 0.3) is 0 Å². The molecule has 0 atom stereocenters. The second-order valence-corrected chi connectivity index (χ2v) is 5.97. The highest BCUT2D eigenvalue weighted by atomic mass is 35.5. The molecular weight excluding hydrogens is 252 g/mol. The molecule has 0 radical (unpaired) electrons. The third-order valence-corrected chi connectivity index (χ3v) is 3.87. The van der Waals surface area contributed by atoms with E-state index in [-0.39, 0.29) is 5.54 Å². The first-order valence-electron chi connectivity index (χ1n) is 5.79. The average Bonchev–Trinajstić information content (AvgIpc) is 2.58. The first-order chi connectivity index (χ1) is 7.92. The minimum atomic E-state index is 0.160. The highest BCUT2D eigenvalue weighted by Gasteiger charge is 2.33. The Morgan fingerprint density at radius 3 is 2.71 bits per heavy atom. The van der Waals surface area contributed by atoms with E-state index in [1.165, 1.54) is 12.8 Å². The Morgan fingerprint density at radius 2 is 2.18 bits per heavy atom. The van der Waals surface area contributed by atoms with Crippen LogP contribution < -0.4 is 10.6 Å². The normalized spacial score (nSPS) is 18.4. The van der Waals surface area contributed by atoms with Gasteiger partial charge in [-0.3, -0.25) is 0 Å². The summed E-state index contributed by atoms with van der Waals surface area (Å²) in [4.78, 5) is 2.78.